The second-order valence-electron chi connectivity index (χ2n) is 7.03. The number of nitrogens with zero attached hydrogens (tertiary/aromatic N) is 1. The van der Waals surface area contributed by atoms with Crippen LogP contribution in [0, 0.1) is 11.7 Å². The maximum Gasteiger partial charge on any atom is 0.312 e. The molecule has 3 amide bonds. The summed E-state index contributed by atoms with van der Waals surface area (Å²) in [6.07, 6.45) is 0.921. The van der Waals surface area contributed by atoms with Gasteiger partial charge in [0.15, 0.2) is 0 Å². The molecule has 4 N–H and O–H groups in total. The van der Waals surface area contributed by atoms with E-state index in [4.69, 9.17) is 5.73 Å². The van der Waals surface area contributed by atoms with E-state index >= 15 is 0 Å². The monoisotopic (exact) mass is 384 g/mol. The summed E-state index contributed by atoms with van der Waals surface area (Å²) < 4.78 is 14.0. The molecule has 148 valence electrons. The number of para-hydroxylation sites is 1. The van der Waals surface area contributed by atoms with E-state index in [0.717, 1.165) is 19.5 Å². The van der Waals surface area contributed by atoms with Crippen molar-refractivity contribution in [2.24, 2.45) is 11.7 Å². The third kappa shape index (κ3) is 5.22. The number of urea groups is 1. The minimum absolute atomic E-state index is 0.0704. The second kappa shape index (κ2) is 9.21. The van der Waals surface area contributed by atoms with E-state index in [1.165, 1.54) is 17.8 Å². The van der Waals surface area contributed by atoms with Gasteiger partial charge in [0, 0.05) is 30.9 Å². The summed E-state index contributed by atoms with van der Waals surface area (Å²) in [6, 6.07) is 14.6. The van der Waals surface area contributed by atoms with Crippen molar-refractivity contribution < 1.29 is 14.0 Å². The fourth-order valence-electron chi connectivity index (χ4n) is 3.56. The van der Waals surface area contributed by atoms with Gasteiger partial charge in [-0.3, -0.25) is 4.79 Å². The molecule has 0 unspecified atom stereocenters. The van der Waals surface area contributed by atoms with Gasteiger partial charge in [0.25, 0.3) is 0 Å². The van der Waals surface area contributed by atoms with Crippen LogP contribution >= 0.6 is 0 Å². The number of carbonyl (C=O) groups is 2. The number of amides is 3. The minimum atomic E-state index is -0.803. The highest BCUT2D eigenvalue weighted by atomic mass is 19.1. The van der Waals surface area contributed by atoms with Crippen LogP contribution in [0.2, 0.25) is 0 Å². The average molecular weight is 384 g/mol. The molecule has 7 heteroatoms. The molecule has 0 bridgehead atoms. The highest BCUT2D eigenvalue weighted by Gasteiger charge is 2.24. The first-order valence-electron chi connectivity index (χ1n) is 9.40. The lowest BCUT2D eigenvalue weighted by molar-refractivity contribution is -0.121. The lowest BCUT2D eigenvalue weighted by atomic mass is 10.0. The zero-order chi connectivity index (χ0) is 19.9. The lowest BCUT2D eigenvalue weighted by Gasteiger charge is -2.20. The van der Waals surface area contributed by atoms with E-state index in [1.54, 1.807) is 12.1 Å². The van der Waals surface area contributed by atoms with Crippen molar-refractivity contribution in [2.75, 3.05) is 24.5 Å². The summed E-state index contributed by atoms with van der Waals surface area (Å²) in [6.45, 7) is 2.37. The third-order valence-corrected chi connectivity index (χ3v) is 4.98. The van der Waals surface area contributed by atoms with Crippen LogP contribution in [0.15, 0.2) is 54.6 Å². The van der Waals surface area contributed by atoms with Gasteiger partial charge in [0.2, 0.25) is 5.91 Å². The molecule has 0 aliphatic carbocycles. The molecule has 2 atom stereocenters. The van der Waals surface area contributed by atoms with Crippen LogP contribution in [0.3, 0.4) is 0 Å². The molecule has 1 saturated heterocycles. The Morgan fingerprint density at radius 1 is 1.14 bits per heavy atom. The SMILES string of the molecule is NC(=O)N[C@H](CC(=O)NC[C@H]1CCN(c2ccccc2)C1)c1ccccc1F. The van der Waals surface area contributed by atoms with Gasteiger partial charge in [-0.15, -0.1) is 0 Å². The predicted octanol–water partition coefficient (Wildman–Crippen LogP) is 2.57. The molecule has 0 radical (unpaired) electrons. The van der Waals surface area contributed by atoms with Crippen LogP contribution in [-0.4, -0.2) is 31.6 Å². The van der Waals surface area contributed by atoms with Gasteiger partial charge in [0.1, 0.15) is 5.82 Å². The van der Waals surface area contributed by atoms with Crippen LogP contribution in [0.5, 0.6) is 0 Å². The lowest BCUT2D eigenvalue weighted by Crippen LogP contribution is -2.38. The van der Waals surface area contributed by atoms with Crippen molar-refractivity contribution in [1.82, 2.24) is 10.6 Å². The molecule has 1 heterocycles. The number of halogens is 1. The van der Waals surface area contributed by atoms with Gasteiger partial charge in [-0.2, -0.15) is 0 Å². The first kappa shape index (κ1) is 19.7. The Morgan fingerprint density at radius 3 is 2.57 bits per heavy atom. The molecule has 6 nitrogen and oxygen atoms in total. The molecule has 1 fully saturated rings. The van der Waals surface area contributed by atoms with Gasteiger partial charge >= 0.3 is 6.03 Å². The van der Waals surface area contributed by atoms with E-state index in [1.807, 2.05) is 18.2 Å². The molecule has 0 aromatic heterocycles. The molecule has 1 aliphatic rings. The summed E-state index contributed by atoms with van der Waals surface area (Å²) in [5.74, 6) is -0.385. The number of carbonyl (C=O) groups excluding carboxylic acids is 2. The Morgan fingerprint density at radius 2 is 1.86 bits per heavy atom. The van der Waals surface area contributed by atoms with Crippen LogP contribution < -0.4 is 21.3 Å². The first-order chi connectivity index (χ1) is 13.5. The average Bonchev–Trinajstić information content (AvgIpc) is 3.16. The summed E-state index contributed by atoms with van der Waals surface area (Å²) >= 11 is 0. The zero-order valence-corrected chi connectivity index (χ0v) is 15.6. The van der Waals surface area contributed by atoms with E-state index < -0.39 is 17.9 Å². The Hall–Kier alpha value is -3.09. The van der Waals surface area contributed by atoms with Crippen molar-refractivity contribution in [3.63, 3.8) is 0 Å². The largest absolute Gasteiger partial charge is 0.371 e. The van der Waals surface area contributed by atoms with Crippen molar-refractivity contribution in [3.8, 4) is 0 Å². The Labute approximate surface area is 163 Å². The van der Waals surface area contributed by atoms with Crippen molar-refractivity contribution in [2.45, 2.75) is 18.9 Å². The van der Waals surface area contributed by atoms with Crippen LogP contribution in [-0.2, 0) is 4.79 Å². The number of nitrogens with one attached hydrogen (secondary N) is 2. The Bertz CT molecular complexity index is 815. The smallest absolute Gasteiger partial charge is 0.312 e. The first-order valence-corrected chi connectivity index (χ1v) is 9.40. The molecule has 3 rings (SSSR count). The van der Waals surface area contributed by atoms with Crippen molar-refractivity contribution in [1.29, 1.82) is 0 Å². The molecule has 2 aromatic rings. The molecule has 1 aliphatic heterocycles. The number of hydrogen-bond donors (Lipinski definition) is 3. The summed E-state index contributed by atoms with van der Waals surface area (Å²) in [5.41, 5.74) is 6.62. The van der Waals surface area contributed by atoms with Crippen LogP contribution in [0.1, 0.15) is 24.4 Å². The number of primary amides is 1. The number of anilines is 1. The van der Waals surface area contributed by atoms with E-state index in [0.29, 0.717) is 12.5 Å². The molecule has 0 saturated carbocycles. The third-order valence-electron chi connectivity index (χ3n) is 4.98. The number of benzene rings is 2. The van der Waals surface area contributed by atoms with E-state index in [-0.39, 0.29) is 17.9 Å². The fourth-order valence-corrected chi connectivity index (χ4v) is 3.56. The summed E-state index contributed by atoms with van der Waals surface area (Å²) in [5, 5.41) is 5.36. The maximum atomic E-state index is 14.0. The summed E-state index contributed by atoms with van der Waals surface area (Å²) in [7, 11) is 0. The predicted molar refractivity (Wildman–Crippen MR) is 106 cm³/mol. The highest BCUT2D eigenvalue weighted by molar-refractivity contribution is 5.78. The molecular formula is C21H25FN4O2. The topological polar surface area (TPSA) is 87.5 Å². The zero-order valence-electron chi connectivity index (χ0n) is 15.6. The number of hydrogen-bond acceptors (Lipinski definition) is 3. The maximum absolute atomic E-state index is 14.0. The summed E-state index contributed by atoms with van der Waals surface area (Å²) in [4.78, 5) is 26.0. The normalized spacial score (nSPS) is 17.2. The minimum Gasteiger partial charge on any atom is -0.371 e. The van der Waals surface area contributed by atoms with Crippen molar-refractivity contribution >= 4 is 17.6 Å². The molecule has 2 aromatic carbocycles. The van der Waals surface area contributed by atoms with Crippen molar-refractivity contribution in [3.05, 3.63) is 66.0 Å². The fraction of sp³-hybridized carbons (Fsp3) is 0.333. The highest BCUT2D eigenvalue weighted by Crippen LogP contribution is 2.23. The molecular weight excluding hydrogens is 359 g/mol. The van der Waals surface area contributed by atoms with E-state index in [9.17, 15) is 14.0 Å². The van der Waals surface area contributed by atoms with Gasteiger partial charge in [0.05, 0.1) is 12.5 Å². The second-order valence-corrected chi connectivity index (χ2v) is 7.03. The van der Waals surface area contributed by atoms with E-state index in [2.05, 4.69) is 27.7 Å². The Balaban J connectivity index is 1.52. The van der Waals surface area contributed by atoms with Gasteiger partial charge in [-0.05, 0) is 30.5 Å². The standard InChI is InChI=1S/C21H25FN4O2/c22-18-9-5-4-8-17(18)19(25-21(23)28)12-20(27)24-13-15-10-11-26(14-15)16-6-2-1-3-7-16/h1-9,15,19H,10-14H2,(H,24,27)(H3,23,25,28)/t15-,19-/m1/s1. The van der Waals surface area contributed by atoms with Gasteiger partial charge in [-0.25, -0.2) is 9.18 Å². The van der Waals surface area contributed by atoms with Crippen LogP contribution in [0.25, 0.3) is 0 Å². The van der Waals surface area contributed by atoms with Gasteiger partial charge in [-0.1, -0.05) is 36.4 Å². The van der Waals surface area contributed by atoms with Gasteiger partial charge < -0.3 is 21.3 Å². The number of rotatable bonds is 7. The quantitative estimate of drug-likeness (QED) is 0.686. The number of nitrogens with two attached hydrogens (primary N) is 1. The molecule has 0 spiro atoms. The Kier molecular flexibility index (Phi) is 6.47. The van der Waals surface area contributed by atoms with Crippen LogP contribution in [0.4, 0.5) is 14.9 Å². The molecule has 28 heavy (non-hydrogen) atoms.